The zero-order valence-corrected chi connectivity index (χ0v) is 7.60. The number of hydrogen-bond acceptors (Lipinski definition) is 4. The number of carboxylic acid groups (broad SMARTS) is 1. The smallest absolute Gasteiger partial charge is 0.475 e. The van der Waals surface area contributed by atoms with E-state index in [0.717, 1.165) is 0 Å². The standard InChI is InChI=1S/C5H5N3O.C2HF3O2/c9-4-8-5-3-6-1-2-7-5;3-2(4,5)1(6)7/h1-4H,(H,7,8,9);(H,6,7). The van der Waals surface area contributed by atoms with Crippen molar-refractivity contribution in [2.24, 2.45) is 0 Å². The van der Waals surface area contributed by atoms with Crippen LogP contribution < -0.4 is 5.32 Å². The Morgan fingerprint density at radius 1 is 1.44 bits per heavy atom. The number of aliphatic carboxylic acids is 1. The van der Waals surface area contributed by atoms with E-state index in [4.69, 9.17) is 9.90 Å². The van der Waals surface area contributed by atoms with Crippen molar-refractivity contribution in [3.05, 3.63) is 18.6 Å². The molecule has 0 radical (unpaired) electrons. The summed E-state index contributed by atoms with van der Waals surface area (Å²) in [6.45, 7) is 0. The molecule has 0 unspecified atom stereocenters. The molecule has 0 atom stereocenters. The molecule has 6 nitrogen and oxygen atoms in total. The quantitative estimate of drug-likeness (QED) is 0.738. The van der Waals surface area contributed by atoms with Crippen molar-refractivity contribution in [1.29, 1.82) is 0 Å². The number of anilines is 1. The molecule has 0 aliphatic carbocycles. The normalized spacial score (nSPS) is 9.69. The van der Waals surface area contributed by atoms with Gasteiger partial charge in [-0.15, -0.1) is 0 Å². The maximum atomic E-state index is 10.6. The lowest BCUT2D eigenvalue weighted by atomic mass is 10.7. The second kappa shape index (κ2) is 6.32. The van der Waals surface area contributed by atoms with E-state index in [9.17, 15) is 18.0 Å². The third-order valence-electron chi connectivity index (χ3n) is 1.01. The summed E-state index contributed by atoms with van der Waals surface area (Å²) >= 11 is 0. The molecule has 0 saturated carbocycles. The van der Waals surface area contributed by atoms with E-state index in [0.29, 0.717) is 12.2 Å². The van der Waals surface area contributed by atoms with E-state index in [1.807, 2.05) is 0 Å². The largest absolute Gasteiger partial charge is 0.490 e. The summed E-state index contributed by atoms with van der Waals surface area (Å²) in [5, 5.41) is 9.48. The Labute approximate surface area is 87.1 Å². The predicted octanol–water partition coefficient (Wildman–Crippen LogP) is 0.678. The predicted molar refractivity (Wildman–Crippen MR) is 45.4 cm³/mol. The number of hydrogen-bond donors (Lipinski definition) is 2. The van der Waals surface area contributed by atoms with Gasteiger partial charge in [-0.25, -0.2) is 9.78 Å². The highest BCUT2D eigenvalue weighted by Gasteiger charge is 2.38. The highest BCUT2D eigenvalue weighted by Crippen LogP contribution is 2.13. The van der Waals surface area contributed by atoms with Crippen LogP contribution in [0.1, 0.15) is 0 Å². The molecule has 0 aliphatic heterocycles. The zero-order valence-electron chi connectivity index (χ0n) is 7.60. The minimum Gasteiger partial charge on any atom is -0.475 e. The molecule has 16 heavy (non-hydrogen) atoms. The molecule has 1 aromatic rings. The van der Waals surface area contributed by atoms with Gasteiger partial charge in [0.25, 0.3) is 0 Å². The SMILES string of the molecule is O=C(O)C(F)(F)F.O=CNc1cnccn1. The van der Waals surface area contributed by atoms with Gasteiger partial charge in [-0.05, 0) is 0 Å². The molecular weight excluding hydrogens is 231 g/mol. The number of nitrogens with zero attached hydrogens (tertiary/aromatic N) is 2. The third kappa shape index (κ3) is 6.29. The highest BCUT2D eigenvalue weighted by atomic mass is 19.4. The molecule has 1 heterocycles. The summed E-state index contributed by atoms with van der Waals surface area (Å²) in [4.78, 5) is 26.2. The van der Waals surface area contributed by atoms with Gasteiger partial charge >= 0.3 is 12.1 Å². The maximum Gasteiger partial charge on any atom is 0.490 e. The van der Waals surface area contributed by atoms with Gasteiger partial charge in [0.05, 0.1) is 6.20 Å². The number of carboxylic acids is 1. The molecule has 0 spiro atoms. The Bertz CT molecular complexity index is 342. The Kier molecular flexibility index (Phi) is 5.46. The lowest BCUT2D eigenvalue weighted by molar-refractivity contribution is -0.192. The maximum absolute atomic E-state index is 10.6. The molecule has 9 heteroatoms. The van der Waals surface area contributed by atoms with Crippen molar-refractivity contribution < 1.29 is 27.9 Å². The number of alkyl halides is 3. The van der Waals surface area contributed by atoms with E-state index in [2.05, 4.69) is 15.3 Å². The molecule has 0 saturated heterocycles. The van der Waals surface area contributed by atoms with Crippen LogP contribution in [0.2, 0.25) is 0 Å². The van der Waals surface area contributed by atoms with Gasteiger partial charge in [-0.3, -0.25) is 9.78 Å². The number of carbonyl (C=O) groups is 2. The topological polar surface area (TPSA) is 92.2 Å². The van der Waals surface area contributed by atoms with Crippen LogP contribution in [0.4, 0.5) is 19.0 Å². The molecule has 0 aromatic carbocycles. The van der Waals surface area contributed by atoms with Gasteiger partial charge < -0.3 is 10.4 Å². The average Bonchev–Trinajstić information content (AvgIpc) is 2.19. The Morgan fingerprint density at radius 3 is 2.31 bits per heavy atom. The third-order valence-corrected chi connectivity index (χ3v) is 1.01. The summed E-state index contributed by atoms with van der Waals surface area (Å²) in [5.74, 6) is -2.29. The molecule has 1 amide bonds. The fraction of sp³-hybridized carbons (Fsp3) is 0.143. The van der Waals surface area contributed by atoms with Crippen LogP contribution in [-0.2, 0) is 9.59 Å². The minimum absolute atomic E-state index is 0.465. The molecule has 1 rings (SSSR count). The van der Waals surface area contributed by atoms with Gasteiger partial charge in [-0.1, -0.05) is 0 Å². The van der Waals surface area contributed by atoms with E-state index in [1.54, 1.807) is 0 Å². The first kappa shape index (κ1) is 13.8. The second-order valence-corrected chi connectivity index (χ2v) is 2.16. The van der Waals surface area contributed by atoms with Crippen LogP contribution in [0, 0.1) is 0 Å². The van der Waals surface area contributed by atoms with Gasteiger partial charge in [0.2, 0.25) is 6.41 Å². The van der Waals surface area contributed by atoms with Crippen LogP contribution in [0.3, 0.4) is 0 Å². The fourth-order valence-electron chi connectivity index (χ4n) is 0.434. The number of rotatable bonds is 2. The van der Waals surface area contributed by atoms with Gasteiger partial charge in [-0.2, -0.15) is 13.2 Å². The molecule has 0 aliphatic rings. The lowest BCUT2D eigenvalue weighted by Crippen LogP contribution is -2.21. The van der Waals surface area contributed by atoms with Crippen molar-refractivity contribution in [1.82, 2.24) is 9.97 Å². The highest BCUT2D eigenvalue weighted by molar-refractivity contribution is 5.73. The summed E-state index contributed by atoms with van der Waals surface area (Å²) in [6, 6.07) is 0. The van der Waals surface area contributed by atoms with Crippen LogP contribution in [0.15, 0.2) is 18.6 Å². The summed E-state index contributed by atoms with van der Waals surface area (Å²) in [7, 11) is 0. The van der Waals surface area contributed by atoms with Crippen LogP contribution in [-0.4, -0.2) is 33.6 Å². The Hall–Kier alpha value is -2.19. The van der Waals surface area contributed by atoms with Gasteiger partial charge in [0.15, 0.2) is 5.82 Å². The Balaban J connectivity index is 0.000000293. The van der Waals surface area contributed by atoms with E-state index in [-0.39, 0.29) is 0 Å². The van der Waals surface area contributed by atoms with Gasteiger partial charge in [0, 0.05) is 12.4 Å². The fourth-order valence-corrected chi connectivity index (χ4v) is 0.434. The average molecular weight is 237 g/mol. The Morgan fingerprint density at radius 2 is 2.00 bits per heavy atom. The number of carbonyl (C=O) groups excluding carboxylic acids is 1. The van der Waals surface area contributed by atoms with Gasteiger partial charge in [0.1, 0.15) is 0 Å². The van der Waals surface area contributed by atoms with Crippen LogP contribution in [0.25, 0.3) is 0 Å². The number of amides is 1. The molecule has 0 fully saturated rings. The second-order valence-electron chi connectivity index (χ2n) is 2.16. The van der Waals surface area contributed by atoms with Crippen molar-refractivity contribution in [2.75, 3.05) is 5.32 Å². The first-order valence-corrected chi connectivity index (χ1v) is 3.64. The first-order chi connectivity index (χ1) is 7.38. The molecule has 1 aromatic heterocycles. The lowest BCUT2D eigenvalue weighted by Gasteiger charge is -1.93. The van der Waals surface area contributed by atoms with E-state index in [1.165, 1.54) is 18.6 Å². The number of aromatic nitrogens is 2. The van der Waals surface area contributed by atoms with Crippen molar-refractivity contribution in [3.63, 3.8) is 0 Å². The van der Waals surface area contributed by atoms with Crippen LogP contribution >= 0.6 is 0 Å². The van der Waals surface area contributed by atoms with Crippen LogP contribution in [0.5, 0.6) is 0 Å². The molecular formula is C7H6F3N3O3. The summed E-state index contributed by atoms with van der Waals surface area (Å²) < 4.78 is 31.7. The molecule has 0 bridgehead atoms. The van der Waals surface area contributed by atoms with E-state index < -0.39 is 12.1 Å². The first-order valence-electron chi connectivity index (χ1n) is 3.64. The zero-order chi connectivity index (χ0) is 12.6. The number of nitrogens with one attached hydrogen (secondary N) is 1. The summed E-state index contributed by atoms with van der Waals surface area (Å²) in [5.41, 5.74) is 0. The van der Waals surface area contributed by atoms with E-state index >= 15 is 0 Å². The molecule has 88 valence electrons. The minimum atomic E-state index is -5.08. The number of halogens is 3. The monoisotopic (exact) mass is 237 g/mol. The van der Waals surface area contributed by atoms with Crippen molar-refractivity contribution in [2.45, 2.75) is 6.18 Å². The van der Waals surface area contributed by atoms with Crippen molar-refractivity contribution in [3.8, 4) is 0 Å². The summed E-state index contributed by atoms with van der Waals surface area (Å²) in [6.07, 6.45) is -0.0137. The van der Waals surface area contributed by atoms with Crippen molar-refractivity contribution >= 4 is 18.2 Å². The molecule has 2 N–H and O–H groups in total.